The quantitative estimate of drug-likeness (QED) is 0.605. The van der Waals surface area contributed by atoms with Crippen LogP contribution in [-0.4, -0.2) is 17.0 Å². The molecule has 1 aromatic rings. The van der Waals surface area contributed by atoms with Crippen molar-refractivity contribution < 1.29 is 19.4 Å². The molecule has 0 saturated heterocycles. The summed E-state index contributed by atoms with van der Waals surface area (Å²) < 4.78 is 4.92. The summed E-state index contributed by atoms with van der Waals surface area (Å²) in [5.74, 6) is -1.09. The fourth-order valence-corrected chi connectivity index (χ4v) is 0.998. The Morgan fingerprint density at radius 2 is 1.80 bits per heavy atom. The molecule has 0 aliphatic heterocycles. The Hall–Kier alpha value is -1.84. The number of aliphatic carboxylic acids is 1. The van der Waals surface area contributed by atoms with Gasteiger partial charge in [0.15, 0.2) is 0 Å². The zero-order valence-corrected chi connectivity index (χ0v) is 8.40. The molecular formula is C11H12O4. The van der Waals surface area contributed by atoms with Crippen molar-refractivity contribution in [1.82, 2.24) is 0 Å². The first-order valence-electron chi connectivity index (χ1n) is 4.57. The van der Waals surface area contributed by atoms with Crippen LogP contribution in [0.1, 0.15) is 18.4 Å². The van der Waals surface area contributed by atoms with E-state index in [9.17, 15) is 9.59 Å². The summed E-state index contributed by atoms with van der Waals surface area (Å²) in [6, 6.07) is 6.99. The van der Waals surface area contributed by atoms with E-state index < -0.39 is 11.9 Å². The molecule has 0 bridgehead atoms. The van der Waals surface area contributed by atoms with Gasteiger partial charge in [-0.2, -0.15) is 0 Å². The van der Waals surface area contributed by atoms with Gasteiger partial charge in [-0.15, -0.1) is 0 Å². The first-order valence-corrected chi connectivity index (χ1v) is 4.57. The summed E-state index contributed by atoms with van der Waals surface area (Å²) in [7, 11) is 0. The molecule has 0 saturated carbocycles. The third-order valence-corrected chi connectivity index (χ3v) is 1.80. The number of rotatable bonds is 4. The third-order valence-electron chi connectivity index (χ3n) is 1.80. The highest BCUT2D eigenvalue weighted by Crippen LogP contribution is 2.12. The van der Waals surface area contributed by atoms with Crippen LogP contribution in [0.4, 0.5) is 0 Å². The van der Waals surface area contributed by atoms with Crippen molar-refractivity contribution >= 4 is 11.9 Å². The minimum absolute atomic E-state index is 0.108. The van der Waals surface area contributed by atoms with E-state index in [0.29, 0.717) is 5.75 Å². The molecule has 1 rings (SSSR count). The molecule has 0 aromatic heterocycles. The number of hydrogen-bond acceptors (Lipinski definition) is 3. The predicted molar refractivity (Wildman–Crippen MR) is 53.7 cm³/mol. The maximum atomic E-state index is 11.1. The first kappa shape index (κ1) is 11.2. The molecule has 80 valence electrons. The normalized spacial score (nSPS) is 9.67. The Balaban J connectivity index is 2.44. The number of carboxylic acid groups (broad SMARTS) is 1. The van der Waals surface area contributed by atoms with Gasteiger partial charge in [0, 0.05) is 0 Å². The second kappa shape index (κ2) is 5.14. The van der Waals surface area contributed by atoms with Crippen LogP contribution >= 0.6 is 0 Å². The average molecular weight is 208 g/mol. The van der Waals surface area contributed by atoms with E-state index in [1.54, 1.807) is 12.1 Å². The summed E-state index contributed by atoms with van der Waals surface area (Å²) in [6.45, 7) is 1.93. The number of carboxylic acids is 1. The zero-order chi connectivity index (χ0) is 11.3. The van der Waals surface area contributed by atoms with E-state index in [1.165, 1.54) is 0 Å². The summed E-state index contributed by atoms with van der Waals surface area (Å²) >= 11 is 0. The topological polar surface area (TPSA) is 63.6 Å². The van der Waals surface area contributed by atoms with Gasteiger partial charge in [0.05, 0.1) is 12.8 Å². The van der Waals surface area contributed by atoms with E-state index in [-0.39, 0.29) is 12.8 Å². The van der Waals surface area contributed by atoms with Gasteiger partial charge in [-0.3, -0.25) is 9.59 Å². The molecule has 4 heteroatoms. The minimum atomic E-state index is -1.00. The van der Waals surface area contributed by atoms with Gasteiger partial charge in [0.25, 0.3) is 0 Å². The lowest BCUT2D eigenvalue weighted by Gasteiger charge is -2.02. The van der Waals surface area contributed by atoms with Crippen LogP contribution < -0.4 is 4.74 Å². The van der Waals surface area contributed by atoms with Crippen molar-refractivity contribution in [3.63, 3.8) is 0 Å². The molecule has 4 nitrogen and oxygen atoms in total. The molecule has 0 unspecified atom stereocenters. The molecule has 15 heavy (non-hydrogen) atoms. The number of hydrogen-bond donors (Lipinski definition) is 1. The van der Waals surface area contributed by atoms with Crippen molar-refractivity contribution in [3.8, 4) is 5.75 Å². The maximum absolute atomic E-state index is 11.1. The Labute approximate surface area is 87.5 Å². The number of benzene rings is 1. The van der Waals surface area contributed by atoms with Crippen LogP contribution in [0.15, 0.2) is 24.3 Å². The van der Waals surface area contributed by atoms with Crippen LogP contribution in [0.25, 0.3) is 0 Å². The molecule has 1 aromatic carbocycles. The van der Waals surface area contributed by atoms with Crippen LogP contribution in [0.5, 0.6) is 5.75 Å². The lowest BCUT2D eigenvalue weighted by atomic mass is 10.2. The van der Waals surface area contributed by atoms with Gasteiger partial charge in [-0.1, -0.05) is 17.7 Å². The molecule has 0 atom stereocenters. The fourth-order valence-electron chi connectivity index (χ4n) is 0.998. The van der Waals surface area contributed by atoms with E-state index in [0.717, 1.165) is 5.56 Å². The average Bonchev–Trinajstić information content (AvgIpc) is 2.19. The summed E-state index contributed by atoms with van der Waals surface area (Å²) in [5, 5.41) is 8.36. The molecule has 0 amide bonds. The van der Waals surface area contributed by atoms with Crippen molar-refractivity contribution in [2.45, 2.75) is 19.8 Å². The van der Waals surface area contributed by atoms with Crippen molar-refractivity contribution in [2.24, 2.45) is 0 Å². The molecule has 0 spiro atoms. The first-order chi connectivity index (χ1) is 7.08. The molecule has 0 radical (unpaired) electrons. The zero-order valence-electron chi connectivity index (χ0n) is 8.40. The number of aryl methyl sites for hydroxylation is 1. The summed E-state index contributed by atoms with van der Waals surface area (Å²) in [6.07, 6.45) is -0.312. The number of carbonyl (C=O) groups is 2. The second-order valence-electron chi connectivity index (χ2n) is 3.18. The van der Waals surface area contributed by atoms with Gasteiger partial charge in [-0.05, 0) is 19.1 Å². The summed E-state index contributed by atoms with van der Waals surface area (Å²) in [5.41, 5.74) is 1.07. The molecule has 1 N–H and O–H groups in total. The smallest absolute Gasteiger partial charge is 0.311 e. The third kappa shape index (κ3) is 4.26. The highest BCUT2D eigenvalue weighted by Gasteiger charge is 2.07. The SMILES string of the molecule is Cc1ccc(OC(=O)CCC(=O)O)cc1. The van der Waals surface area contributed by atoms with Gasteiger partial charge < -0.3 is 9.84 Å². The number of carbonyl (C=O) groups excluding carboxylic acids is 1. The highest BCUT2D eigenvalue weighted by atomic mass is 16.5. The Kier molecular flexibility index (Phi) is 3.85. The lowest BCUT2D eigenvalue weighted by Crippen LogP contribution is -2.10. The van der Waals surface area contributed by atoms with Gasteiger partial charge in [-0.25, -0.2) is 0 Å². The van der Waals surface area contributed by atoms with Crippen LogP contribution in [0.3, 0.4) is 0 Å². The molecular weight excluding hydrogens is 196 g/mol. The standard InChI is InChI=1S/C11H12O4/c1-8-2-4-9(5-3-8)15-11(14)7-6-10(12)13/h2-5H,6-7H2,1H3,(H,12,13). The number of esters is 1. The predicted octanol–water partition coefficient (Wildman–Crippen LogP) is 1.77. The van der Waals surface area contributed by atoms with Crippen LogP contribution in [0.2, 0.25) is 0 Å². The van der Waals surface area contributed by atoms with Crippen molar-refractivity contribution in [1.29, 1.82) is 0 Å². The van der Waals surface area contributed by atoms with E-state index in [4.69, 9.17) is 9.84 Å². The van der Waals surface area contributed by atoms with Crippen molar-refractivity contribution in [2.75, 3.05) is 0 Å². The van der Waals surface area contributed by atoms with Crippen LogP contribution in [-0.2, 0) is 9.59 Å². The van der Waals surface area contributed by atoms with E-state index in [2.05, 4.69) is 0 Å². The van der Waals surface area contributed by atoms with Crippen LogP contribution in [0, 0.1) is 6.92 Å². The number of ether oxygens (including phenoxy) is 1. The van der Waals surface area contributed by atoms with Gasteiger partial charge in [0.2, 0.25) is 0 Å². The Morgan fingerprint density at radius 1 is 1.20 bits per heavy atom. The molecule has 0 aliphatic carbocycles. The summed E-state index contributed by atoms with van der Waals surface area (Å²) in [4.78, 5) is 21.3. The highest BCUT2D eigenvalue weighted by molar-refractivity contribution is 5.78. The molecule has 0 fully saturated rings. The van der Waals surface area contributed by atoms with Crippen molar-refractivity contribution in [3.05, 3.63) is 29.8 Å². The lowest BCUT2D eigenvalue weighted by molar-refractivity contribution is -0.142. The fraction of sp³-hybridized carbons (Fsp3) is 0.273. The minimum Gasteiger partial charge on any atom is -0.481 e. The Morgan fingerprint density at radius 3 is 2.33 bits per heavy atom. The maximum Gasteiger partial charge on any atom is 0.311 e. The van der Waals surface area contributed by atoms with Gasteiger partial charge >= 0.3 is 11.9 Å². The Bertz CT molecular complexity index is 353. The molecule has 0 aliphatic rings. The molecule has 0 heterocycles. The van der Waals surface area contributed by atoms with Gasteiger partial charge in [0.1, 0.15) is 5.75 Å². The largest absolute Gasteiger partial charge is 0.481 e. The monoisotopic (exact) mass is 208 g/mol. The second-order valence-corrected chi connectivity index (χ2v) is 3.18. The van der Waals surface area contributed by atoms with E-state index >= 15 is 0 Å². The van der Waals surface area contributed by atoms with E-state index in [1.807, 2.05) is 19.1 Å².